The maximum absolute atomic E-state index is 11.7. The molecule has 1 fully saturated rings. The Morgan fingerprint density at radius 1 is 1.11 bits per heavy atom. The van der Waals surface area contributed by atoms with Crippen molar-refractivity contribution < 1.29 is 14.3 Å². The van der Waals surface area contributed by atoms with Crippen molar-refractivity contribution in [2.24, 2.45) is 0 Å². The first kappa shape index (κ1) is 13.6. The lowest BCUT2D eigenvalue weighted by atomic mass is 9.98. The van der Waals surface area contributed by atoms with Crippen LogP contribution in [0.25, 0.3) is 0 Å². The topological polar surface area (TPSA) is 55.4 Å². The van der Waals surface area contributed by atoms with Crippen molar-refractivity contribution >= 4 is 17.6 Å². The first-order chi connectivity index (χ1) is 9.24. The smallest absolute Gasteiger partial charge is 0.411 e. The number of anilines is 1. The van der Waals surface area contributed by atoms with E-state index >= 15 is 0 Å². The molecule has 0 bridgehead atoms. The van der Waals surface area contributed by atoms with Gasteiger partial charge in [-0.2, -0.15) is 0 Å². The van der Waals surface area contributed by atoms with Crippen molar-refractivity contribution in [3.63, 3.8) is 0 Å². The van der Waals surface area contributed by atoms with Crippen LogP contribution in [0.2, 0.25) is 0 Å². The number of amides is 1. The van der Waals surface area contributed by atoms with E-state index in [1.807, 2.05) is 30.3 Å². The second-order valence-corrected chi connectivity index (χ2v) is 4.84. The van der Waals surface area contributed by atoms with Gasteiger partial charge in [-0.25, -0.2) is 4.79 Å². The third kappa shape index (κ3) is 4.73. The van der Waals surface area contributed by atoms with Gasteiger partial charge >= 0.3 is 6.09 Å². The zero-order valence-electron chi connectivity index (χ0n) is 10.9. The molecule has 1 saturated carbocycles. The number of hydrogen-bond acceptors (Lipinski definition) is 3. The lowest BCUT2D eigenvalue weighted by Crippen LogP contribution is -2.24. The summed E-state index contributed by atoms with van der Waals surface area (Å²) >= 11 is 0. The molecule has 4 nitrogen and oxygen atoms in total. The van der Waals surface area contributed by atoms with Crippen LogP contribution in [0.3, 0.4) is 0 Å². The molecular formula is C15H19NO3. The van der Waals surface area contributed by atoms with Gasteiger partial charge in [0.25, 0.3) is 0 Å². The Bertz CT molecular complexity index is 430. The Balaban J connectivity index is 1.82. The zero-order chi connectivity index (χ0) is 13.5. The molecule has 1 unspecified atom stereocenters. The van der Waals surface area contributed by atoms with E-state index in [1.54, 1.807) is 0 Å². The van der Waals surface area contributed by atoms with E-state index in [2.05, 4.69) is 5.32 Å². The standard InChI is InChI=1S/C15H19NO3/c17-13-8-4-5-9-14(11-10-13)19-15(18)16-12-6-2-1-3-7-12/h1-3,6-7,14H,4-5,8-11H2,(H,16,18). The second-order valence-electron chi connectivity index (χ2n) is 4.84. The molecular weight excluding hydrogens is 242 g/mol. The first-order valence-electron chi connectivity index (χ1n) is 6.78. The van der Waals surface area contributed by atoms with Crippen LogP contribution in [0.1, 0.15) is 38.5 Å². The van der Waals surface area contributed by atoms with Gasteiger partial charge in [0.05, 0.1) is 0 Å². The highest BCUT2D eigenvalue weighted by Gasteiger charge is 2.18. The highest BCUT2D eigenvalue weighted by molar-refractivity contribution is 5.84. The fourth-order valence-corrected chi connectivity index (χ4v) is 2.22. The van der Waals surface area contributed by atoms with Crippen LogP contribution in [-0.2, 0) is 9.53 Å². The Labute approximate surface area is 113 Å². The SMILES string of the molecule is O=C1CCCCC(OC(=O)Nc2ccccc2)CC1. The molecule has 1 aromatic rings. The molecule has 0 spiro atoms. The van der Waals surface area contributed by atoms with E-state index in [4.69, 9.17) is 4.74 Å². The van der Waals surface area contributed by atoms with Crippen molar-refractivity contribution in [1.29, 1.82) is 0 Å². The maximum atomic E-state index is 11.7. The summed E-state index contributed by atoms with van der Waals surface area (Å²) in [6.45, 7) is 0. The zero-order valence-corrected chi connectivity index (χ0v) is 10.9. The van der Waals surface area contributed by atoms with Crippen molar-refractivity contribution in [1.82, 2.24) is 0 Å². The van der Waals surface area contributed by atoms with Crippen LogP contribution in [-0.4, -0.2) is 18.0 Å². The molecule has 1 aliphatic carbocycles. The van der Waals surface area contributed by atoms with Crippen LogP contribution in [0.5, 0.6) is 0 Å². The molecule has 2 rings (SSSR count). The van der Waals surface area contributed by atoms with Gasteiger partial charge in [-0.3, -0.25) is 10.1 Å². The lowest BCUT2D eigenvalue weighted by molar-refractivity contribution is -0.120. The summed E-state index contributed by atoms with van der Waals surface area (Å²) in [6, 6.07) is 9.21. The molecule has 0 aliphatic heterocycles. The minimum Gasteiger partial charge on any atom is -0.446 e. The minimum absolute atomic E-state index is 0.145. The quantitative estimate of drug-likeness (QED) is 0.886. The van der Waals surface area contributed by atoms with Crippen molar-refractivity contribution in [2.75, 3.05) is 5.32 Å². The molecule has 102 valence electrons. The van der Waals surface area contributed by atoms with Crippen molar-refractivity contribution in [3.8, 4) is 0 Å². The summed E-state index contributed by atoms with van der Waals surface area (Å²) in [4.78, 5) is 23.1. The van der Waals surface area contributed by atoms with Gasteiger partial charge < -0.3 is 4.74 Å². The van der Waals surface area contributed by atoms with Crippen LogP contribution < -0.4 is 5.32 Å². The normalized spacial score (nSPS) is 20.2. The maximum Gasteiger partial charge on any atom is 0.411 e. The third-order valence-corrected chi connectivity index (χ3v) is 3.27. The van der Waals surface area contributed by atoms with Crippen molar-refractivity contribution in [3.05, 3.63) is 30.3 Å². The fourth-order valence-electron chi connectivity index (χ4n) is 2.22. The monoisotopic (exact) mass is 261 g/mol. The van der Waals surface area contributed by atoms with Crippen LogP contribution in [0, 0.1) is 0 Å². The molecule has 4 heteroatoms. The molecule has 1 amide bonds. The van der Waals surface area contributed by atoms with Gasteiger partial charge in [-0.1, -0.05) is 18.2 Å². The average molecular weight is 261 g/mol. The first-order valence-corrected chi connectivity index (χ1v) is 6.78. The number of carbonyl (C=O) groups is 2. The summed E-state index contributed by atoms with van der Waals surface area (Å²) in [5.74, 6) is 0.275. The van der Waals surface area contributed by atoms with Gasteiger partial charge in [0.15, 0.2) is 0 Å². The Hall–Kier alpha value is -1.84. The van der Waals surface area contributed by atoms with E-state index < -0.39 is 6.09 Å². The molecule has 1 atom stereocenters. The predicted octanol–water partition coefficient (Wildman–Crippen LogP) is 3.53. The van der Waals surface area contributed by atoms with Crippen LogP contribution >= 0.6 is 0 Å². The Morgan fingerprint density at radius 2 is 1.89 bits per heavy atom. The number of ether oxygens (including phenoxy) is 1. The number of para-hydroxylation sites is 1. The molecule has 0 radical (unpaired) electrons. The summed E-state index contributed by atoms with van der Waals surface area (Å²) in [6.07, 6.45) is 3.92. The van der Waals surface area contributed by atoms with E-state index in [9.17, 15) is 9.59 Å². The summed E-state index contributed by atoms with van der Waals surface area (Å²) in [5, 5.41) is 2.69. The number of rotatable bonds is 2. The minimum atomic E-state index is -0.441. The Morgan fingerprint density at radius 3 is 2.68 bits per heavy atom. The average Bonchev–Trinajstić information content (AvgIpc) is 2.39. The molecule has 0 aromatic heterocycles. The van der Waals surface area contributed by atoms with E-state index in [-0.39, 0.29) is 11.9 Å². The largest absolute Gasteiger partial charge is 0.446 e. The summed E-state index contributed by atoms with van der Waals surface area (Å²) < 4.78 is 5.38. The third-order valence-electron chi connectivity index (χ3n) is 3.27. The van der Waals surface area contributed by atoms with Gasteiger partial charge in [-0.05, 0) is 37.8 Å². The van der Waals surface area contributed by atoms with Gasteiger partial charge in [0.2, 0.25) is 0 Å². The van der Waals surface area contributed by atoms with Gasteiger partial charge in [0.1, 0.15) is 11.9 Å². The summed E-state index contributed by atoms with van der Waals surface area (Å²) in [7, 11) is 0. The van der Waals surface area contributed by atoms with E-state index in [0.717, 1.165) is 24.9 Å². The number of hydrogen-bond donors (Lipinski definition) is 1. The Kier molecular flexibility index (Phi) is 4.95. The number of Topliss-reactive ketones (excluding diaryl/α,β-unsaturated/α-hetero) is 1. The number of nitrogens with one attached hydrogen (secondary N) is 1. The number of carbonyl (C=O) groups excluding carboxylic acids is 2. The number of benzene rings is 1. The van der Waals surface area contributed by atoms with Crippen molar-refractivity contribution in [2.45, 2.75) is 44.6 Å². The molecule has 0 saturated heterocycles. The molecule has 19 heavy (non-hydrogen) atoms. The summed E-state index contributed by atoms with van der Waals surface area (Å²) in [5.41, 5.74) is 0.717. The highest BCUT2D eigenvalue weighted by atomic mass is 16.6. The molecule has 0 heterocycles. The fraction of sp³-hybridized carbons (Fsp3) is 0.467. The van der Waals surface area contributed by atoms with E-state index in [1.165, 1.54) is 0 Å². The lowest BCUT2D eigenvalue weighted by Gasteiger charge is -2.19. The van der Waals surface area contributed by atoms with Crippen LogP contribution in [0.4, 0.5) is 10.5 Å². The highest BCUT2D eigenvalue weighted by Crippen LogP contribution is 2.18. The second kappa shape index (κ2) is 6.92. The predicted molar refractivity (Wildman–Crippen MR) is 73.0 cm³/mol. The van der Waals surface area contributed by atoms with E-state index in [0.29, 0.717) is 19.3 Å². The van der Waals surface area contributed by atoms with Gasteiger partial charge in [-0.15, -0.1) is 0 Å². The van der Waals surface area contributed by atoms with Gasteiger partial charge in [0, 0.05) is 18.5 Å². The number of ketones is 1. The molecule has 1 aliphatic rings. The van der Waals surface area contributed by atoms with Crippen LogP contribution in [0.15, 0.2) is 30.3 Å². The molecule has 1 aromatic carbocycles. The molecule has 1 N–H and O–H groups in total.